The molecule has 2 rings (SSSR count). The molecule has 0 heterocycles. The fraction of sp³-hybridized carbons (Fsp3) is 0. The van der Waals surface area contributed by atoms with Gasteiger partial charge in [0.2, 0.25) is 9.82 Å². The van der Waals surface area contributed by atoms with E-state index in [1.807, 2.05) is 48.5 Å². The summed E-state index contributed by atoms with van der Waals surface area (Å²) in [5.74, 6) is 0. The van der Waals surface area contributed by atoms with Crippen LogP contribution < -0.4 is 9.82 Å². The minimum Gasteiger partial charge on any atom is -0.0526 e. The van der Waals surface area contributed by atoms with Crippen LogP contribution >= 0.6 is 21.6 Å². The van der Waals surface area contributed by atoms with E-state index in [0.29, 0.717) is 11.4 Å². The normalized spacial score (nSPS) is 9.40. The Balaban J connectivity index is 1.97. The highest BCUT2D eigenvalue weighted by molar-refractivity contribution is 8.76. The van der Waals surface area contributed by atoms with Gasteiger partial charge < -0.3 is 0 Å². The van der Waals surface area contributed by atoms with E-state index >= 15 is 0 Å². The van der Waals surface area contributed by atoms with Gasteiger partial charge in [0, 0.05) is 9.79 Å². The van der Waals surface area contributed by atoms with Gasteiger partial charge in [-0.25, -0.2) is 0 Å². The predicted octanol–water partition coefficient (Wildman–Crippen LogP) is 4.85. The van der Waals surface area contributed by atoms with E-state index in [9.17, 15) is 0 Å². The molecule has 20 heavy (non-hydrogen) atoms. The first-order valence-electron chi connectivity index (χ1n) is 5.51. The highest BCUT2D eigenvalue weighted by atomic mass is 33.1. The Morgan fingerprint density at radius 1 is 0.650 bits per heavy atom. The van der Waals surface area contributed by atoms with Gasteiger partial charge >= 0.3 is 0 Å². The molecule has 2 aromatic carbocycles. The number of benzene rings is 2. The maximum atomic E-state index is 6.66. The predicted molar refractivity (Wildman–Crippen MR) is 78.5 cm³/mol. The second kappa shape index (κ2) is 7.37. The van der Waals surface area contributed by atoms with Crippen molar-refractivity contribution in [1.82, 2.24) is 9.82 Å². The molecule has 2 aromatic rings. The lowest BCUT2D eigenvalue weighted by Crippen LogP contribution is -1.71. The third-order valence-electron chi connectivity index (χ3n) is 2.24. The van der Waals surface area contributed by atoms with Crippen LogP contribution in [0.4, 0.5) is 11.4 Å². The van der Waals surface area contributed by atoms with Gasteiger partial charge in [-0.15, -0.1) is 0 Å². The van der Waals surface area contributed by atoms with Crippen molar-refractivity contribution in [3.8, 4) is 0 Å². The van der Waals surface area contributed by atoms with Crippen LogP contribution in [0.2, 0.25) is 0 Å². The van der Waals surface area contributed by atoms with Crippen molar-refractivity contribution < 1.29 is 0 Å². The van der Waals surface area contributed by atoms with Crippen molar-refractivity contribution in [1.29, 1.82) is 11.1 Å². The molecule has 98 valence electrons. The summed E-state index contributed by atoms with van der Waals surface area (Å²) in [5.41, 5.74) is 14.6. The number of rotatable bonds is 5. The van der Waals surface area contributed by atoms with Crippen molar-refractivity contribution in [2.75, 3.05) is 0 Å². The molecular weight excluding hydrogens is 292 g/mol. The molecule has 0 aliphatic heterocycles. The Kier molecular flexibility index (Phi) is 5.23. The van der Waals surface area contributed by atoms with Gasteiger partial charge in [0.1, 0.15) is 11.1 Å². The highest BCUT2D eigenvalue weighted by Crippen LogP contribution is 2.38. The summed E-state index contributed by atoms with van der Waals surface area (Å²) in [4.78, 5) is 8.15. The van der Waals surface area contributed by atoms with E-state index in [4.69, 9.17) is 11.1 Å². The van der Waals surface area contributed by atoms with Crippen molar-refractivity contribution in [2.45, 2.75) is 9.79 Å². The van der Waals surface area contributed by atoms with Gasteiger partial charge in [-0.1, -0.05) is 21.6 Å². The lowest BCUT2D eigenvalue weighted by molar-refractivity contribution is 0.991. The topological polar surface area (TPSA) is 101 Å². The number of nitrogens with one attached hydrogen (secondary N) is 2. The third-order valence-corrected chi connectivity index (χ3v) is 4.66. The molecule has 0 fully saturated rings. The largest absolute Gasteiger partial charge is 0.220 e. The number of hydrogen-bond acceptors (Lipinski definition) is 6. The molecule has 0 atom stereocenters. The molecule has 0 unspecified atom stereocenters. The zero-order valence-corrected chi connectivity index (χ0v) is 11.9. The molecule has 2 N–H and O–H groups in total. The van der Waals surface area contributed by atoms with Gasteiger partial charge in [0.25, 0.3) is 0 Å². The lowest BCUT2D eigenvalue weighted by atomic mass is 10.3. The molecule has 0 saturated heterocycles. The van der Waals surface area contributed by atoms with Crippen molar-refractivity contribution in [3.05, 3.63) is 48.5 Å². The Bertz CT molecular complexity index is 609. The van der Waals surface area contributed by atoms with Crippen molar-refractivity contribution in [2.24, 2.45) is 10.2 Å². The van der Waals surface area contributed by atoms with Crippen LogP contribution in [-0.2, 0) is 0 Å². The summed E-state index contributed by atoms with van der Waals surface area (Å²) in [6, 6.07) is 15.0. The molecule has 0 aromatic heterocycles. The molecule has 0 aliphatic carbocycles. The molecule has 0 bridgehead atoms. The van der Waals surface area contributed by atoms with Gasteiger partial charge in [-0.05, 0) is 48.5 Å². The molecule has 0 amide bonds. The Morgan fingerprint density at radius 2 is 1.00 bits per heavy atom. The second-order valence-electron chi connectivity index (χ2n) is 3.55. The number of hydrogen-bond donors (Lipinski definition) is 2. The van der Waals surface area contributed by atoms with Crippen LogP contribution in [0, 0.1) is 11.1 Å². The summed E-state index contributed by atoms with van der Waals surface area (Å²) in [7, 11) is 3.25. The average molecular weight is 302 g/mol. The molecule has 0 spiro atoms. The Hall–Kier alpha value is -2.24. The highest BCUT2D eigenvalue weighted by Gasteiger charge is 2.01. The van der Waals surface area contributed by atoms with Gasteiger partial charge in [0.15, 0.2) is 21.6 Å². The standard InChI is InChI=1S/C12H10N6S2/c13-17-15-9-1-5-11(6-2-9)19-20-12-7-3-10(4-8-12)16-18-14/h1-8,13-14H/q+2. The van der Waals surface area contributed by atoms with Crippen LogP contribution in [0.3, 0.4) is 0 Å². The monoisotopic (exact) mass is 302 g/mol. The first kappa shape index (κ1) is 14.2. The Labute approximate surface area is 122 Å². The second-order valence-corrected chi connectivity index (χ2v) is 5.83. The summed E-state index contributed by atoms with van der Waals surface area (Å²) in [5, 5.41) is 7.27. The maximum absolute atomic E-state index is 6.66. The molecular formula is C12H10N6S2+2. The molecule has 8 heteroatoms. The minimum atomic E-state index is 0.666. The summed E-state index contributed by atoms with van der Waals surface area (Å²) in [6.45, 7) is 0. The van der Waals surface area contributed by atoms with Crippen LogP contribution in [0.15, 0.2) is 68.6 Å². The summed E-state index contributed by atoms with van der Waals surface area (Å²) >= 11 is 0. The van der Waals surface area contributed by atoms with Gasteiger partial charge in [0.05, 0.1) is 0 Å². The Morgan fingerprint density at radius 3 is 1.30 bits per heavy atom. The zero-order valence-electron chi connectivity index (χ0n) is 10.2. The third kappa shape index (κ3) is 4.15. The van der Waals surface area contributed by atoms with Gasteiger partial charge in [-0.3, -0.25) is 0 Å². The van der Waals surface area contributed by atoms with Crippen molar-refractivity contribution in [3.63, 3.8) is 0 Å². The quantitative estimate of drug-likeness (QED) is 0.468. The number of nitrogens with zero attached hydrogens (tertiary/aromatic N) is 4. The molecule has 0 saturated carbocycles. The molecule has 0 aliphatic rings. The van der Waals surface area contributed by atoms with E-state index in [-0.39, 0.29) is 0 Å². The minimum absolute atomic E-state index is 0.666. The van der Waals surface area contributed by atoms with Crippen LogP contribution in [0.25, 0.3) is 0 Å². The summed E-state index contributed by atoms with van der Waals surface area (Å²) < 4.78 is 0. The van der Waals surface area contributed by atoms with E-state index in [2.05, 4.69) is 20.1 Å². The first-order valence-corrected chi connectivity index (χ1v) is 7.66. The van der Waals surface area contributed by atoms with E-state index in [1.54, 1.807) is 21.6 Å². The van der Waals surface area contributed by atoms with Crippen LogP contribution in [0.5, 0.6) is 0 Å². The summed E-state index contributed by atoms with van der Waals surface area (Å²) in [6.07, 6.45) is 0. The van der Waals surface area contributed by atoms with E-state index < -0.39 is 0 Å². The maximum Gasteiger partial charge on any atom is 0.220 e. The average Bonchev–Trinajstić information content (AvgIpc) is 2.49. The first-order chi connectivity index (χ1) is 9.81. The molecule has 6 nitrogen and oxygen atoms in total. The lowest BCUT2D eigenvalue weighted by Gasteiger charge is -2.00. The fourth-order valence-corrected chi connectivity index (χ4v) is 3.28. The van der Waals surface area contributed by atoms with E-state index in [1.165, 1.54) is 0 Å². The SMILES string of the molecule is N=[N+]=Nc1ccc(SSc2ccc(N=[N+]=N)cc2)cc1. The van der Waals surface area contributed by atoms with Crippen LogP contribution in [0.1, 0.15) is 0 Å². The van der Waals surface area contributed by atoms with Crippen molar-refractivity contribution >= 4 is 33.0 Å². The smallest absolute Gasteiger partial charge is 0.0526 e. The van der Waals surface area contributed by atoms with Crippen LogP contribution in [-0.4, -0.2) is 0 Å². The van der Waals surface area contributed by atoms with Gasteiger partial charge in [-0.2, -0.15) is 0 Å². The molecule has 0 radical (unpaired) electrons. The van der Waals surface area contributed by atoms with E-state index in [0.717, 1.165) is 9.79 Å². The zero-order chi connectivity index (χ0) is 14.2. The fourth-order valence-electron chi connectivity index (χ4n) is 1.35.